The summed E-state index contributed by atoms with van der Waals surface area (Å²) >= 11 is 0. The van der Waals surface area contributed by atoms with E-state index in [0.717, 1.165) is 39.5 Å². The van der Waals surface area contributed by atoms with E-state index in [0.29, 0.717) is 11.3 Å². The van der Waals surface area contributed by atoms with Gasteiger partial charge in [-0.15, -0.1) is 0 Å². The molecule has 0 radical (unpaired) electrons. The molecule has 0 unspecified atom stereocenters. The maximum Gasteiger partial charge on any atom is 0.187 e. The molecule has 0 saturated carbocycles. The number of para-hydroxylation sites is 2. The summed E-state index contributed by atoms with van der Waals surface area (Å²) in [5.74, 6) is 0. The van der Waals surface area contributed by atoms with E-state index < -0.39 is 0 Å². The molecule has 0 aliphatic heterocycles. The minimum atomic E-state index is -0.303. The molecule has 7 aromatic carbocycles. The zero-order valence-electron chi connectivity index (χ0n) is 27.3. The van der Waals surface area contributed by atoms with E-state index in [1.807, 2.05) is 60.7 Å². The Bertz CT molecular complexity index is 2420. The zero-order chi connectivity index (χ0) is 33.5. The number of hydrogen-bond acceptors (Lipinski definition) is 3. The van der Waals surface area contributed by atoms with E-state index in [1.165, 1.54) is 27.6 Å². The molecule has 0 bridgehead atoms. The molecule has 0 saturated heterocycles. The van der Waals surface area contributed by atoms with Gasteiger partial charge in [0.2, 0.25) is 0 Å². The summed E-state index contributed by atoms with van der Waals surface area (Å²) in [4.78, 5) is 8.20. The SMILES string of the molecule is [C-]#[N+]c1ccc(N(c2ccccc2)c2cc3c(c4ccccc24)-c2ccc(N(c4ccccc4)c4ccc(C#N)cc4)cc2C3(C)C)cc1. The predicted molar refractivity (Wildman–Crippen MR) is 202 cm³/mol. The van der Waals surface area contributed by atoms with Crippen LogP contribution in [0.25, 0.3) is 26.7 Å². The number of nitriles is 1. The van der Waals surface area contributed by atoms with Gasteiger partial charge in [-0.2, -0.15) is 5.26 Å². The molecular formula is C45H32N4. The molecule has 49 heavy (non-hydrogen) atoms. The molecule has 0 heterocycles. The van der Waals surface area contributed by atoms with Crippen molar-refractivity contribution in [3.63, 3.8) is 0 Å². The van der Waals surface area contributed by atoms with Crippen LogP contribution in [0.15, 0.2) is 158 Å². The Morgan fingerprint density at radius 2 is 1.08 bits per heavy atom. The number of anilines is 6. The highest BCUT2D eigenvalue weighted by atomic mass is 15.1. The average Bonchev–Trinajstić information content (AvgIpc) is 3.38. The first-order valence-electron chi connectivity index (χ1n) is 16.4. The maximum absolute atomic E-state index is 9.45. The van der Waals surface area contributed by atoms with Crippen molar-refractivity contribution in [3.05, 3.63) is 186 Å². The van der Waals surface area contributed by atoms with Gasteiger partial charge in [0.25, 0.3) is 0 Å². The van der Waals surface area contributed by atoms with Crippen LogP contribution in [-0.4, -0.2) is 0 Å². The molecule has 232 valence electrons. The first-order valence-corrected chi connectivity index (χ1v) is 16.4. The second kappa shape index (κ2) is 11.9. The van der Waals surface area contributed by atoms with Gasteiger partial charge in [-0.1, -0.05) is 92.7 Å². The fourth-order valence-electron chi connectivity index (χ4n) is 7.27. The summed E-state index contributed by atoms with van der Waals surface area (Å²) in [6.07, 6.45) is 0. The van der Waals surface area contributed by atoms with Crippen LogP contribution in [0.2, 0.25) is 0 Å². The summed E-state index contributed by atoms with van der Waals surface area (Å²) in [6.45, 7) is 12.2. The van der Waals surface area contributed by atoms with Crippen LogP contribution in [0.5, 0.6) is 0 Å². The Kier molecular flexibility index (Phi) is 7.21. The Morgan fingerprint density at radius 1 is 0.551 bits per heavy atom. The van der Waals surface area contributed by atoms with Gasteiger partial charge in [0.05, 0.1) is 23.9 Å². The van der Waals surface area contributed by atoms with Crippen molar-refractivity contribution in [1.82, 2.24) is 0 Å². The molecule has 0 N–H and O–H groups in total. The molecule has 0 atom stereocenters. The normalized spacial score (nSPS) is 12.4. The molecule has 0 fully saturated rings. The van der Waals surface area contributed by atoms with Crippen LogP contribution < -0.4 is 9.80 Å². The van der Waals surface area contributed by atoms with Crippen LogP contribution >= 0.6 is 0 Å². The lowest BCUT2D eigenvalue weighted by atomic mass is 9.81. The second-order valence-electron chi connectivity index (χ2n) is 12.8. The number of nitrogens with zero attached hydrogens (tertiary/aromatic N) is 4. The first-order chi connectivity index (χ1) is 24.0. The minimum absolute atomic E-state index is 0.303. The van der Waals surface area contributed by atoms with Gasteiger partial charge in [0, 0.05) is 39.2 Å². The van der Waals surface area contributed by atoms with Crippen LogP contribution in [-0.2, 0) is 5.41 Å². The standard InChI is InChI=1S/C45H32N4/c1-45(2)41-28-37(48(33-12-6-4-7-13-33)35-22-18-31(30-46)19-23-35)26-27-40(41)44-39-17-11-10-16-38(39)43(29-42(44)45)49(34-14-8-5-9-15-34)36-24-20-32(47-3)21-25-36/h4-29H,1-2H3. The third-order valence-electron chi connectivity index (χ3n) is 9.66. The van der Waals surface area contributed by atoms with E-state index in [-0.39, 0.29) is 5.41 Å². The maximum atomic E-state index is 9.45. The molecule has 4 heteroatoms. The molecule has 1 aliphatic rings. The van der Waals surface area contributed by atoms with Crippen molar-refractivity contribution in [2.24, 2.45) is 0 Å². The van der Waals surface area contributed by atoms with Gasteiger partial charge in [0.1, 0.15) is 0 Å². The molecular weight excluding hydrogens is 597 g/mol. The average molecular weight is 629 g/mol. The van der Waals surface area contributed by atoms with E-state index in [2.05, 4.69) is 132 Å². The van der Waals surface area contributed by atoms with E-state index in [4.69, 9.17) is 6.57 Å². The van der Waals surface area contributed by atoms with Gasteiger partial charge in [0.15, 0.2) is 5.69 Å². The number of hydrogen-bond donors (Lipinski definition) is 0. The van der Waals surface area contributed by atoms with Crippen molar-refractivity contribution < 1.29 is 0 Å². The van der Waals surface area contributed by atoms with Crippen LogP contribution in [0.3, 0.4) is 0 Å². The van der Waals surface area contributed by atoms with Crippen molar-refractivity contribution in [3.8, 4) is 17.2 Å². The third kappa shape index (κ3) is 4.99. The summed E-state index contributed by atoms with van der Waals surface area (Å²) in [7, 11) is 0. The third-order valence-corrected chi connectivity index (χ3v) is 9.66. The molecule has 8 rings (SSSR count). The van der Waals surface area contributed by atoms with Crippen molar-refractivity contribution >= 4 is 50.6 Å². The second-order valence-corrected chi connectivity index (χ2v) is 12.8. The lowest BCUT2D eigenvalue weighted by Gasteiger charge is -2.30. The van der Waals surface area contributed by atoms with E-state index >= 15 is 0 Å². The zero-order valence-corrected chi connectivity index (χ0v) is 27.3. The lowest BCUT2D eigenvalue weighted by molar-refractivity contribution is 0.661. The highest BCUT2D eigenvalue weighted by Gasteiger charge is 2.38. The lowest BCUT2D eigenvalue weighted by Crippen LogP contribution is -2.18. The predicted octanol–water partition coefficient (Wildman–Crippen LogP) is 12.5. The topological polar surface area (TPSA) is 34.6 Å². The van der Waals surface area contributed by atoms with E-state index in [1.54, 1.807) is 0 Å². The smallest absolute Gasteiger partial charge is 0.187 e. The van der Waals surface area contributed by atoms with Gasteiger partial charge in [-0.3, -0.25) is 0 Å². The van der Waals surface area contributed by atoms with Crippen LogP contribution in [0, 0.1) is 17.9 Å². The van der Waals surface area contributed by atoms with Crippen LogP contribution in [0.1, 0.15) is 30.5 Å². The quantitative estimate of drug-likeness (QED) is 0.172. The molecule has 0 spiro atoms. The summed E-state index contributed by atoms with van der Waals surface area (Å²) in [5.41, 5.74) is 12.3. The van der Waals surface area contributed by atoms with Crippen molar-refractivity contribution in [2.45, 2.75) is 19.3 Å². The molecule has 1 aliphatic carbocycles. The van der Waals surface area contributed by atoms with Gasteiger partial charge < -0.3 is 9.80 Å². The number of benzene rings is 7. The largest absolute Gasteiger partial charge is 0.310 e. The van der Waals surface area contributed by atoms with E-state index in [9.17, 15) is 5.26 Å². The van der Waals surface area contributed by atoms with Gasteiger partial charge in [-0.05, 0) is 107 Å². The fraction of sp³-hybridized carbons (Fsp3) is 0.0667. The first kappa shape index (κ1) is 29.8. The Balaban J connectivity index is 1.33. The van der Waals surface area contributed by atoms with Crippen molar-refractivity contribution in [1.29, 1.82) is 5.26 Å². The number of rotatable bonds is 6. The molecule has 7 aromatic rings. The fourth-order valence-corrected chi connectivity index (χ4v) is 7.27. The Morgan fingerprint density at radius 3 is 1.71 bits per heavy atom. The van der Waals surface area contributed by atoms with Gasteiger partial charge in [-0.25, -0.2) is 4.85 Å². The minimum Gasteiger partial charge on any atom is -0.310 e. The van der Waals surface area contributed by atoms with Crippen molar-refractivity contribution in [2.75, 3.05) is 9.80 Å². The number of fused-ring (bicyclic) bond motifs is 5. The molecule has 0 aromatic heterocycles. The Hall–Kier alpha value is -6.62. The highest BCUT2D eigenvalue weighted by molar-refractivity contribution is 6.10. The molecule has 4 nitrogen and oxygen atoms in total. The summed E-state index contributed by atoms with van der Waals surface area (Å²) in [5, 5.41) is 11.8. The van der Waals surface area contributed by atoms with Gasteiger partial charge >= 0.3 is 0 Å². The monoisotopic (exact) mass is 628 g/mol. The summed E-state index contributed by atoms with van der Waals surface area (Å²) < 4.78 is 0. The highest BCUT2D eigenvalue weighted by Crippen LogP contribution is 2.55. The molecule has 0 amide bonds. The van der Waals surface area contributed by atoms with Crippen LogP contribution in [0.4, 0.5) is 39.8 Å². The Labute approximate surface area is 287 Å². The summed E-state index contributed by atoms with van der Waals surface area (Å²) in [6, 6.07) is 56.6.